The van der Waals surface area contributed by atoms with E-state index in [1.54, 1.807) is 25.5 Å². The average molecular weight is 316 g/mol. The number of aromatic nitrogens is 1. The molecule has 0 amide bonds. The highest BCUT2D eigenvalue weighted by Crippen LogP contribution is 2.16. The van der Waals surface area contributed by atoms with Gasteiger partial charge >= 0.3 is 0 Å². The maximum atomic E-state index is 10.6. The van der Waals surface area contributed by atoms with Crippen LogP contribution in [0.2, 0.25) is 0 Å². The second kappa shape index (κ2) is 7.55. The number of anilines is 1. The summed E-state index contributed by atoms with van der Waals surface area (Å²) in [5.74, 6) is 0. The smallest absolute Gasteiger partial charge is 0.269 e. The number of hydrazone groups is 1. The average Bonchev–Trinajstić information content (AvgIpc) is 2.80. The molecule has 0 aliphatic carbocycles. The van der Waals surface area contributed by atoms with Crippen LogP contribution in [-0.2, 0) is 11.3 Å². The van der Waals surface area contributed by atoms with E-state index in [0.29, 0.717) is 12.3 Å². The van der Waals surface area contributed by atoms with Crippen LogP contribution in [0.1, 0.15) is 17.0 Å². The second-order valence-corrected chi connectivity index (χ2v) is 5.14. The maximum absolute atomic E-state index is 10.6. The number of ether oxygens (including phenoxy) is 1. The third-order valence-corrected chi connectivity index (χ3v) is 3.61. The van der Waals surface area contributed by atoms with E-state index < -0.39 is 4.92 Å². The van der Waals surface area contributed by atoms with E-state index in [2.05, 4.69) is 21.2 Å². The Kier molecular flexibility index (Phi) is 5.48. The van der Waals surface area contributed by atoms with Crippen molar-refractivity contribution < 1.29 is 9.66 Å². The third kappa shape index (κ3) is 4.17. The van der Waals surface area contributed by atoms with Gasteiger partial charge in [0.2, 0.25) is 0 Å². The zero-order valence-corrected chi connectivity index (χ0v) is 13.4. The lowest BCUT2D eigenvalue weighted by molar-refractivity contribution is -0.384. The summed E-state index contributed by atoms with van der Waals surface area (Å²) < 4.78 is 7.29. The van der Waals surface area contributed by atoms with E-state index in [0.717, 1.165) is 23.5 Å². The van der Waals surface area contributed by atoms with Gasteiger partial charge in [0.25, 0.3) is 5.69 Å². The first kappa shape index (κ1) is 16.7. The largest absolute Gasteiger partial charge is 0.383 e. The van der Waals surface area contributed by atoms with E-state index in [1.165, 1.54) is 12.1 Å². The quantitative estimate of drug-likeness (QED) is 0.483. The number of hydrogen-bond acceptors (Lipinski definition) is 5. The predicted octanol–water partition coefficient (Wildman–Crippen LogP) is 3.11. The summed E-state index contributed by atoms with van der Waals surface area (Å²) in [6.45, 7) is 5.55. The Morgan fingerprint density at radius 3 is 2.65 bits per heavy atom. The predicted molar refractivity (Wildman–Crippen MR) is 90.1 cm³/mol. The van der Waals surface area contributed by atoms with E-state index in [9.17, 15) is 10.1 Å². The molecule has 0 unspecified atom stereocenters. The third-order valence-electron chi connectivity index (χ3n) is 3.61. The van der Waals surface area contributed by atoms with Crippen molar-refractivity contribution in [2.75, 3.05) is 19.1 Å². The number of nitrogens with one attached hydrogen (secondary N) is 1. The van der Waals surface area contributed by atoms with Gasteiger partial charge in [-0.15, -0.1) is 0 Å². The van der Waals surface area contributed by atoms with Crippen molar-refractivity contribution >= 4 is 17.6 Å². The van der Waals surface area contributed by atoms with Gasteiger partial charge in [-0.1, -0.05) is 0 Å². The fraction of sp³-hybridized carbons (Fsp3) is 0.312. The van der Waals surface area contributed by atoms with Crippen LogP contribution in [0, 0.1) is 24.0 Å². The minimum Gasteiger partial charge on any atom is -0.383 e. The van der Waals surface area contributed by atoms with Gasteiger partial charge < -0.3 is 9.30 Å². The van der Waals surface area contributed by atoms with Gasteiger partial charge in [-0.25, -0.2) is 0 Å². The summed E-state index contributed by atoms with van der Waals surface area (Å²) in [5, 5.41) is 14.8. The number of hydrogen-bond donors (Lipinski definition) is 1. The van der Waals surface area contributed by atoms with E-state index in [-0.39, 0.29) is 5.69 Å². The monoisotopic (exact) mass is 316 g/mol. The molecule has 122 valence electrons. The first-order chi connectivity index (χ1) is 11.0. The molecule has 0 aliphatic heterocycles. The molecule has 1 aromatic carbocycles. The number of non-ortho nitro benzene ring substituents is 1. The number of nitro groups is 1. The van der Waals surface area contributed by atoms with Crippen LogP contribution in [-0.4, -0.2) is 29.4 Å². The van der Waals surface area contributed by atoms with Crippen LogP contribution in [0.25, 0.3) is 0 Å². The fourth-order valence-electron chi connectivity index (χ4n) is 2.32. The minimum absolute atomic E-state index is 0.0567. The molecule has 2 aromatic rings. The molecule has 1 heterocycles. The van der Waals surface area contributed by atoms with Crippen molar-refractivity contribution in [3.05, 3.63) is 57.4 Å². The van der Waals surface area contributed by atoms with Crippen molar-refractivity contribution in [3.8, 4) is 0 Å². The van der Waals surface area contributed by atoms with Crippen LogP contribution in [0.4, 0.5) is 11.4 Å². The topological polar surface area (TPSA) is 81.7 Å². The summed E-state index contributed by atoms with van der Waals surface area (Å²) in [4.78, 5) is 10.2. The van der Waals surface area contributed by atoms with Crippen LogP contribution >= 0.6 is 0 Å². The second-order valence-electron chi connectivity index (χ2n) is 5.14. The molecule has 0 fully saturated rings. The van der Waals surface area contributed by atoms with Gasteiger partial charge in [0, 0.05) is 42.7 Å². The normalized spacial score (nSPS) is 11.1. The van der Waals surface area contributed by atoms with E-state index in [4.69, 9.17) is 4.74 Å². The lowest BCUT2D eigenvalue weighted by Gasteiger charge is -2.08. The van der Waals surface area contributed by atoms with Gasteiger partial charge in [-0.05, 0) is 32.0 Å². The SMILES string of the molecule is COCCn1c(C)cc(/C=N/Nc2ccc([N+](=O)[O-])cc2)c1C. The number of benzene rings is 1. The fourth-order valence-corrected chi connectivity index (χ4v) is 2.32. The molecule has 7 nitrogen and oxygen atoms in total. The number of rotatable bonds is 7. The Balaban J connectivity index is 2.04. The summed E-state index contributed by atoms with van der Waals surface area (Å²) >= 11 is 0. The maximum Gasteiger partial charge on any atom is 0.269 e. The molecule has 0 bridgehead atoms. The van der Waals surface area contributed by atoms with Crippen molar-refractivity contribution in [1.82, 2.24) is 4.57 Å². The first-order valence-corrected chi connectivity index (χ1v) is 7.22. The van der Waals surface area contributed by atoms with Gasteiger partial charge in [0.1, 0.15) is 0 Å². The molecule has 2 rings (SSSR count). The van der Waals surface area contributed by atoms with Gasteiger partial charge in [0.15, 0.2) is 0 Å². The number of nitrogens with zero attached hydrogens (tertiary/aromatic N) is 3. The highest BCUT2D eigenvalue weighted by atomic mass is 16.6. The van der Waals surface area contributed by atoms with Crippen LogP contribution in [0.3, 0.4) is 0 Å². The summed E-state index contributed by atoms with van der Waals surface area (Å²) in [7, 11) is 1.69. The summed E-state index contributed by atoms with van der Waals surface area (Å²) in [5.41, 5.74) is 6.91. The van der Waals surface area contributed by atoms with Crippen molar-refractivity contribution in [2.45, 2.75) is 20.4 Å². The summed E-state index contributed by atoms with van der Waals surface area (Å²) in [6.07, 6.45) is 1.74. The highest BCUT2D eigenvalue weighted by Gasteiger charge is 2.07. The van der Waals surface area contributed by atoms with Crippen molar-refractivity contribution in [1.29, 1.82) is 0 Å². The van der Waals surface area contributed by atoms with E-state index in [1.807, 2.05) is 13.8 Å². The zero-order chi connectivity index (χ0) is 16.8. The molecular weight excluding hydrogens is 296 g/mol. The Morgan fingerprint density at radius 2 is 2.04 bits per heavy atom. The Hall–Kier alpha value is -2.67. The van der Waals surface area contributed by atoms with Crippen LogP contribution in [0.5, 0.6) is 0 Å². The molecule has 0 spiro atoms. The molecule has 1 aromatic heterocycles. The number of nitro benzene ring substituents is 1. The molecule has 1 N–H and O–H groups in total. The van der Waals surface area contributed by atoms with Gasteiger partial charge in [-0.2, -0.15) is 5.10 Å². The van der Waals surface area contributed by atoms with E-state index >= 15 is 0 Å². The summed E-state index contributed by atoms with van der Waals surface area (Å²) in [6, 6.07) is 8.18. The lowest BCUT2D eigenvalue weighted by Crippen LogP contribution is -2.07. The van der Waals surface area contributed by atoms with Gasteiger partial charge in [-0.3, -0.25) is 15.5 Å². The highest BCUT2D eigenvalue weighted by molar-refractivity contribution is 5.82. The Labute approximate surface area is 134 Å². The molecule has 7 heteroatoms. The lowest BCUT2D eigenvalue weighted by atomic mass is 10.3. The zero-order valence-electron chi connectivity index (χ0n) is 13.4. The molecule has 23 heavy (non-hydrogen) atoms. The molecular formula is C16H20N4O3. The van der Waals surface area contributed by atoms with Crippen molar-refractivity contribution in [3.63, 3.8) is 0 Å². The molecule has 0 aliphatic rings. The van der Waals surface area contributed by atoms with Crippen molar-refractivity contribution in [2.24, 2.45) is 5.10 Å². The van der Waals surface area contributed by atoms with Crippen LogP contribution in [0.15, 0.2) is 35.4 Å². The first-order valence-electron chi connectivity index (χ1n) is 7.22. The van der Waals surface area contributed by atoms with Crippen LogP contribution < -0.4 is 5.43 Å². The minimum atomic E-state index is -0.429. The number of aryl methyl sites for hydroxylation is 1. The Morgan fingerprint density at radius 1 is 1.35 bits per heavy atom. The molecule has 0 saturated heterocycles. The van der Waals surface area contributed by atoms with Gasteiger partial charge in [0.05, 0.1) is 23.4 Å². The Bertz CT molecular complexity index is 705. The molecule has 0 radical (unpaired) electrons. The number of methoxy groups -OCH3 is 1. The standard InChI is InChI=1S/C16H20N4O3/c1-12-10-14(13(2)19(12)8-9-23-3)11-17-18-15-4-6-16(7-5-15)20(21)22/h4-7,10-11,18H,8-9H2,1-3H3/b17-11+. The molecule has 0 atom stereocenters. The molecule has 0 saturated carbocycles.